The summed E-state index contributed by atoms with van der Waals surface area (Å²) in [5.41, 5.74) is 2.24. The van der Waals surface area contributed by atoms with Gasteiger partial charge in [0.1, 0.15) is 0 Å². The van der Waals surface area contributed by atoms with Crippen LogP contribution in [0.2, 0.25) is 0 Å². The molecule has 96 valence electrons. The van der Waals surface area contributed by atoms with Gasteiger partial charge < -0.3 is 14.8 Å². The van der Waals surface area contributed by atoms with Crippen LogP contribution in [0.15, 0.2) is 24.3 Å². The molecule has 17 heavy (non-hydrogen) atoms. The highest BCUT2D eigenvalue weighted by Crippen LogP contribution is 2.15. The van der Waals surface area contributed by atoms with Gasteiger partial charge in [-0.05, 0) is 38.0 Å². The average Bonchev–Trinajstić information content (AvgIpc) is 2.30. The van der Waals surface area contributed by atoms with Gasteiger partial charge in [-0.1, -0.05) is 12.1 Å². The first-order valence-electron chi connectivity index (χ1n) is 5.94. The van der Waals surface area contributed by atoms with Crippen molar-refractivity contribution in [2.75, 3.05) is 26.1 Å². The van der Waals surface area contributed by atoms with Gasteiger partial charge in [0.25, 0.3) is 0 Å². The molecule has 0 spiro atoms. The summed E-state index contributed by atoms with van der Waals surface area (Å²) in [6.45, 7) is 5.74. The van der Waals surface area contributed by atoms with E-state index in [1.54, 1.807) is 14.2 Å². The van der Waals surface area contributed by atoms with Crippen LogP contribution in [-0.2, 0) is 16.1 Å². The van der Waals surface area contributed by atoms with Gasteiger partial charge in [-0.3, -0.25) is 0 Å². The molecule has 0 unspecified atom stereocenters. The smallest absolute Gasteiger partial charge is 0.0713 e. The van der Waals surface area contributed by atoms with Gasteiger partial charge in [-0.25, -0.2) is 0 Å². The fourth-order valence-electron chi connectivity index (χ4n) is 1.55. The quantitative estimate of drug-likeness (QED) is 0.790. The molecule has 0 saturated heterocycles. The molecular weight excluding hydrogens is 214 g/mol. The van der Waals surface area contributed by atoms with Crippen LogP contribution in [0.4, 0.5) is 5.69 Å². The minimum atomic E-state index is -0.0723. The Kier molecular flexibility index (Phi) is 5.45. The lowest BCUT2D eigenvalue weighted by molar-refractivity contribution is 0.0185. The van der Waals surface area contributed by atoms with E-state index in [-0.39, 0.29) is 5.60 Å². The molecule has 3 heteroatoms. The molecule has 0 radical (unpaired) electrons. The SMILES string of the molecule is COCc1cccc(NCCC(C)(C)OC)c1. The second-order valence-corrected chi connectivity index (χ2v) is 4.77. The number of hydrogen-bond acceptors (Lipinski definition) is 3. The van der Waals surface area contributed by atoms with Gasteiger partial charge in [0.2, 0.25) is 0 Å². The van der Waals surface area contributed by atoms with Gasteiger partial charge in [0.15, 0.2) is 0 Å². The van der Waals surface area contributed by atoms with E-state index in [9.17, 15) is 0 Å². The van der Waals surface area contributed by atoms with E-state index < -0.39 is 0 Å². The third-order valence-electron chi connectivity index (χ3n) is 2.85. The zero-order chi connectivity index (χ0) is 12.7. The zero-order valence-corrected chi connectivity index (χ0v) is 11.2. The Labute approximate surface area is 104 Å². The first-order valence-corrected chi connectivity index (χ1v) is 5.94. The van der Waals surface area contributed by atoms with E-state index in [1.807, 2.05) is 6.07 Å². The van der Waals surface area contributed by atoms with Crippen molar-refractivity contribution in [2.45, 2.75) is 32.5 Å². The lowest BCUT2D eigenvalue weighted by atomic mass is 10.1. The summed E-state index contributed by atoms with van der Waals surface area (Å²) in [5, 5.41) is 3.40. The van der Waals surface area contributed by atoms with Gasteiger partial charge in [0.05, 0.1) is 12.2 Å². The minimum Gasteiger partial charge on any atom is -0.385 e. The highest BCUT2D eigenvalue weighted by molar-refractivity contribution is 5.45. The summed E-state index contributed by atoms with van der Waals surface area (Å²) in [6.07, 6.45) is 0.970. The lowest BCUT2D eigenvalue weighted by Gasteiger charge is -2.23. The van der Waals surface area contributed by atoms with Crippen LogP contribution in [0.1, 0.15) is 25.8 Å². The summed E-state index contributed by atoms with van der Waals surface area (Å²) in [7, 11) is 3.46. The summed E-state index contributed by atoms with van der Waals surface area (Å²) in [6, 6.07) is 8.29. The molecule has 3 nitrogen and oxygen atoms in total. The second kappa shape index (κ2) is 6.62. The largest absolute Gasteiger partial charge is 0.385 e. The molecule has 0 fully saturated rings. The molecule has 0 aliphatic carbocycles. The molecule has 0 atom stereocenters. The molecule has 0 aromatic heterocycles. The predicted octanol–water partition coefficient (Wildman–Crippen LogP) is 3.06. The topological polar surface area (TPSA) is 30.5 Å². The molecule has 1 N–H and O–H groups in total. The van der Waals surface area contributed by atoms with Crippen LogP contribution in [0.25, 0.3) is 0 Å². The van der Waals surface area contributed by atoms with Gasteiger partial charge in [-0.15, -0.1) is 0 Å². The Hall–Kier alpha value is -1.06. The lowest BCUT2D eigenvalue weighted by Crippen LogP contribution is -2.25. The summed E-state index contributed by atoms with van der Waals surface area (Å²) in [4.78, 5) is 0. The molecule has 0 aliphatic heterocycles. The van der Waals surface area contributed by atoms with Crippen molar-refractivity contribution >= 4 is 5.69 Å². The average molecular weight is 237 g/mol. The molecular formula is C14H23NO2. The number of methoxy groups -OCH3 is 2. The molecule has 0 amide bonds. The van der Waals surface area contributed by atoms with Crippen LogP contribution >= 0.6 is 0 Å². The second-order valence-electron chi connectivity index (χ2n) is 4.77. The van der Waals surface area contributed by atoms with Crippen LogP contribution in [-0.4, -0.2) is 26.4 Å². The number of rotatable bonds is 7. The first kappa shape index (κ1) is 14.0. The van der Waals surface area contributed by atoms with Crippen molar-refractivity contribution in [3.63, 3.8) is 0 Å². The maximum atomic E-state index is 5.38. The molecule has 1 aromatic rings. The van der Waals surface area contributed by atoms with E-state index in [2.05, 4.69) is 37.4 Å². The minimum absolute atomic E-state index is 0.0723. The maximum absolute atomic E-state index is 5.38. The normalized spacial score (nSPS) is 11.5. The molecule has 1 rings (SSSR count). The van der Waals surface area contributed by atoms with Gasteiger partial charge in [0, 0.05) is 26.5 Å². The van der Waals surface area contributed by atoms with Crippen LogP contribution in [0.5, 0.6) is 0 Å². The van der Waals surface area contributed by atoms with Gasteiger partial charge >= 0.3 is 0 Å². The van der Waals surface area contributed by atoms with E-state index in [1.165, 1.54) is 5.56 Å². The maximum Gasteiger partial charge on any atom is 0.0713 e. The predicted molar refractivity (Wildman–Crippen MR) is 71.3 cm³/mol. The summed E-state index contributed by atoms with van der Waals surface area (Å²) >= 11 is 0. The van der Waals surface area contributed by atoms with Crippen molar-refractivity contribution in [3.05, 3.63) is 29.8 Å². The molecule has 1 aromatic carbocycles. The van der Waals surface area contributed by atoms with E-state index in [0.717, 1.165) is 18.7 Å². The number of hydrogen-bond donors (Lipinski definition) is 1. The van der Waals surface area contributed by atoms with Crippen molar-refractivity contribution in [1.29, 1.82) is 0 Å². The van der Waals surface area contributed by atoms with E-state index in [0.29, 0.717) is 6.61 Å². The number of benzene rings is 1. The Morgan fingerprint density at radius 2 is 2.00 bits per heavy atom. The van der Waals surface area contributed by atoms with Crippen LogP contribution in [0.3, 0.4) is 0 Å². The fraction of sp³-hybridized carbons (Fsp3) is 0.571. The number of nitrogens with one attached hydrogen (secondary N) is 1. The molecule has 0 aliphatic rings. The molecule has 0 saturated carbocycles. The molecule has 0 bridgehead atoms. The highest BCUT2D eigenvalue weighted by atomic mass is 16.5. The highest BCUT2D eigenvalue weighted by Gasteiger charge is 2.15. The molecule has 0 heterocycles. The van der Waals surface area contributed by atoms with Crippen molar-refractivity contribution in [3.8, 4) is 0 Å². The standard InChI is InChI=1S/C14H23NO2/c1-14(2,17-4)8-9-15-13-7-5-6-12(10-13)11-16-3/h5-7,10,15H,8-9,11H2,1-4H3. The van der Waals surface area contributed by atoms with Crippen LogP contribution < -0.4 is 5.32 Å². The third-order valence-corrected chi connectivity index (χ3v) is 2.85. The summed E-state index contributed by atoms with van der Waals surface area (Å²) in [5.74, 6) is 0. The third kappa shape index (κ3) is 5.20. The van der Waals surface area contributed by atoms with Crippen molar-refractivity contribution in [2.24, 2.45) is 0 Å². The van der Waals surface area contributed by atoms with E-state index >= 15 is 0 Å². The number of ether oxygens (including phenoxy) is 2. The van der Waals surface area contributed by atoms with Crippen molar-refractivity contribution < 1.29 is 9.47 Å². The Morgan fingerprint density at radius 3 is 2.65 bits per heavy atom. The number of anilines is 1. The van der Waals surface area contributed by atoms with E-state index in [4.69, 9.17) is 9.47 Å². The van der Waals surface area contributed by atoms with Crippen molar-refractivity contribution in [1.82, 2.24) is 0 Å². The Balaban J connectivity index is 2.44. The summed E-state index contributed by atoms with van der Waals surface area (Å²) < 4.78 is 10.5. The zero-order valence-electron chi connectivity index (χ0n) is 11.2. The Morgan fingerprint density at radius 1 is 1.24 bits per heavy atom. The fourth-order valence-corrected chi connectivity index (χ4v) is 1.55. The Bertz CT molecular complexity index is 337. The first-order chi connectivity index (χ1) is 8.07. The van der Waals surface area contributed by atoms with Crippen LogP contribution in [0, 0.1) is 0 Å². The van der Waals surface area contributed by atoms with Gasteiger partial charge in [-0.2, -0.15) is 0 Å². The monoisotopic (exact) mass is 237 g/mol.